The molecule has 0 saturated carbocycles. The Kier molecular flexibility index (Phi) is 11.2. The number of rotatable bonds is 10. The summed E-state index contributed by atoms with van der Waals surface area (Å²) in [6.07, 6.45) is 0.516. The third kappa shape index (κ3) is 9.94. The largest absolute Gasteiger partial charge is 0.480 e. The van der Waals surface area contributed by atoms with Crippen molar-refractivity contribution in [1.29, 1.82) is 0 Å². The summed E-state index contributed by atoms with van der Waals surface area (Å²) in [7, 11) is 0. The highest BCUT2D eigenvalue weighted by atomic mass is 16.6. The van der Waals surface area contributed by atoms with Crippen molar-refractivity contribution in [3.63, 3.8) is 0 Å². The summed E-state index contributed by atoms with van der Waals surface area (Å²) in [4.78, 5) is 57.2. The Bertz CT molecular complexity index is 2190. The maximum atomic E-state index is 12.8. The number of nitrogen functional groups attached to an aromatic ring is 2. The number of aromatic nitrogens is 2. The molecular formula is C38H38N6O8. The Labute approximate surface area is 298 Å². The van der Waals surface area contributed by atoms with Gasteiger partial charge in [0.15, 0.2) is 11.2 Å². The van der Waals surface area contributed by atoms with Crippen molar-refractivity contribution in [3.05, 3.63) is 119 Å². The van der Waals surface area contributed by atoms with Crippen LogP contribution in [0.5, 0.6) is 0 Å². The molecule has 268 valence electrons. The number of benzene rings is 4. The molecule has 0 fully saturated rings. The van der Waals surface area contributed by atoms with Crippen molar-refractivity contribution in [2.75, 3.05) is 11.5 Å². The summed E-state index contributed by atoms with van der Waals surface area (Å²) in [5.74, 6) is -2.49. The second-order valence-electron chi connectivity index (χ2n) is 12.8. The number of carboxylic acids is 1. The first-order valence-electron chi connectivity index (χ1n) is 16.2. The maximum absolute atomic E-state index is 12.8. The van der Waals surface area contributed by atoms with Crippen molar-refractivity contribution in [3.8, 4) is 0 Å². The third-order valence-electron chi connectivity index (χ3n) is 7.50. The fourth-order valence-electron chi connectivity index (χ4n) is 5.12. The standard InChI is InChI=1S/C21H23N3O4.C17H15N3O4/c1-21(2,3)28-19(26)16(11-13-7-5-4-6-8-13)23-18(25)14-9-10-17-15(12-14)24-20(22)27-17;18-17-20-12-9-11(6-7-14(12)24-17)15(21)19-13(16(22)23)8-10-4-2-1-3-5-10/h4-10,12,16H,11H2,1-3H3,(H2,22,24)(H,23,25);1-7,9,13H,8H2,(H2,18,20)(H,19,21)(H,22,23)/t16-;13-/m00/s1. The summed E-state index contributed by atoms with van der Waals surface area (Å²) >= 11 is 0. The van der Waals surface area contributed by atoms with Gasteiger partial charge < -0.3 is 40.8 Å². The van der Waals surface area contributed by atoms with E-state index < -0.39 is 41.4 Å². The van der Waals surface area contributed by atoms with E-state index in [0.717, 1.165) is 11.1 Å². The number of nitrogens with two attached hydrogens (primary N) is 2. The van der Waals surface area contributed by atoms with Crippen LogP contribution in [0, 0.1) is 0 Å². The maximum Gasteiger partial charge on any atom is 0.329 e. The molecule has 0 aliphatic heterocycles. The number of nitrogens with one attached hydrogen (secondary N) is 2. The molecule has 2 aromatic heterocycles. The van der Waals surface area contributed by atoms with E-state index in [1.807, 2.05) is 60.7 Å². The highest BCUT2D eigenvalue weighted by Crippen LogP contribution is 2.20. The minimum atomic E-state index is -1.10. The first kappa shape index (κ1) is 36.6. The van der Waals surface area contributed by atoms with Gasteiger partial charge in [-0.2, -0.15) is 9.97 Å². The van der Waals surface area contributed by atoms with Gasteiger partial charge in [-0.05, 0) is 68.3 Å². The molecule has 0 aliphatic carbocycles. The molecule has 6 rings (SSSR count). The summed E-state index contributed by atoms with van der Waals surface area (Å²) in [5.41, 5.74) is 14.6. The number of oxazole rings is 2. The van der Waals surface area contributed by atoms with Gasteiger partial charge in [0.25, 0.3) is 23.8 Å². The van der Waals surface area contributed by atoms with E-state index in [-0.39, 0.29) is 24.0 Å². The van der Waals surface area contributed by atoms with Crippen LogP contribution in [0.2, 0.25) is 0 Å². The molecule has 0 unspecified atom stereocenters. The van der Waals surface area contributed by atoms with Crippen molar-refractivity contribution in [1.82, 2.24) is 20.6 Å². The van der Waals surface area contributed by atoms with E-state index in [0.29, 0.717) is 34.2 Å². The SMILES string of the molecule is CC(C)(C)OC(=O)[C@H](Cc1ccccc1)NC(=O)c1ccc2oc(N)nc2c1.Nc1nc2cc(C(=O)N[C@@H](Cc3ccccc3)C(=O)O)ccc2o1. The zero-order valence-electron chi connectivity index (χ0n) is 28.7. The monoisotopic (exact) mass is 706 g/mol. The number of nitrogens with zero attached hydrogens (tertiary/aromatic N) is 2. The zero-order valence-corrected chi connectivity index (χ0v) is 28.7. The zero-order chi connectivity index (χ0) is 37.4. The Morgan fingerprint density at radius 2 is 1.12 bits per heavy atom. The average molecular weight is 707 g/mol. The smallest absolute Gasteiger partial charge is 0.329 e. The van der Waals surface area contributed by atoms with Crippen LogP contribution in [0.15, 0.2) is 106 Å². The molecular weight excluding hydrogens is 668 g/mol. The number of hydrogen-bond donors (Lipinski definition) is 5. The van der Waals surface area contributed by atoms with Crippen LogP contribution in [0.1, 0.15) is 52.6 Å². The molecule has 0 bridgehead atoms. The highest BCUT2D eigenvalue weighted by Gasteiger charge is 2.28. The topological polar surface area (TPSA) is 226 Å². The predicted molar refractivity (Wildman–Crippen MR) is 193 cm³/mol. The molecule has 0 radical (unpaired) electrons. The van der Waals surface area contributed by atoms with Crippen LogP contribution in [0.3, 0.4) is 0 Å². The second-order valence-corrected chi connectivity index (χ2v) is 12.8. The number of carboxylic acid groups (broad SMARTS) is 1. The molecule has 0 saturated heterocycles. The van der Waals surface area contributed by atoms with Gasteiger partial charge in [0.05, 0.1) is 0 Å². The van der Waals surface area contributed by atoms with Crippen LogP contribution in [0.4, 0.5) is 12.0 Å². The molecule has 0 aliphatic rings. The number of hydrogen-bond acceptors (Lipinski definition) is 11. The van der Waals surface area contributed by atoms with Gasteiger partial charge in [0.2, 0.25) is 0 Å². The Hall–Kier alpha value is -6.70. The number of amides is 2. The van der Waals surface area contributed by atoms with Gasteiger partial charge in [0.1, 0.15) is 28.7 Å². The van der Waals surface area contributed by atoms with Crippen LogP contribution in [0.25, 0.3) is 22.2 Å². The van der Waals surface area contributed by atoms with Crippen LogP contribution < -0.4 is 22.1 Å². The molecule has 7 N–H and O–H groups in total. The van der Waals surface area contributed by atoms with E-state index in [1.54, 1.807) is 45.0 Å². The molecule has 2 atom stereocenters. The molecule has 14 nitrogen and oxygen atoms in total. The summed E-state index contributed by atoms with van der Waals surface area (Å²) in [6, 6.07) is 26.1. The van der Waals surface area contributed by atoms with Gasteiger partial charge in [-0.3, -0.25) is 9.59 Å². The van der Waals surface area contributed by atoms with Crippen molar-refractivity contribution in [2.24, 2.45) is 0 Å². The van der Waals surface area contributed by atoms with Crippen LogP contribution >= 0.6 is 0 Å². The number of aliphatic carboxylic acids is 1. The molecule has 2 amide bonds. The molecule has 0 spiro atoms. The van der Waals surface area contributed by atoms with Crippen LogP contribution in [-0.2, 0) is 27.2 Å². The van der Waals surface area contributed by atoms with Gasteiger partial charge >= 0.3 is 11.9 Å². The lowest BCUT2D eigenvalue weighted by atomic mass is 10.0. The lowest BCUT2D eigenvalue weighted by Crippen LogP contribution is -2.45. The molecule has 6 aromatic rings. The number of carbonyl (C=O) groups is 4. The Morgan fingerprint density at radius 1 is 0.692 bits per heavy atom. The molecule has 4 aromatic carbocycles. The quantitative estimate of drug-likeness (QED) is 0.120. The number of fused-ring (bicyclic) bond motifs is 2. The lowest BCUT2D eigenvalue weighted by Gasteiger charge is -2.24. The Balaban J connectivity index is 0.000000203. The average Bonchev–Trinajstić information content (AvgIpc) is 3.67. The lowest BCUT2D eigenvalue weighted by molar-refractivity contribution is -0.157. The third-order valence-corrected chi connectivity index (χ3v) is 7.50. The van der Waals surface area contributed by atoms with Crippen molar-refractivity contribution >= 4 is 58.0 Å². The summed E-state index contributed by atoms with van der Waals surface area (Å²) < 4.78 is 15.8. The Morgan fingerprint density at radius 3 is 1.54 bits per heavy atom. The van der Waals surface area contributed by atoms with E-state index in [9.17, 15) is 24.3 Å². The minimum Gasteiger partial charge on any atom is -0.480 e. The summed E-state index contributed by atoms with van der Waals surface area (Å²) in [6.45, 7) is 5.36. The molecule has 2 heterocycles. The van der Waals surface area contributed by atoms with E-state index >= 15 is 0 Å². The number of anilines is 2. The first-order chi connectivity index (χ1) is 24.7. The van der Waals surface area contributed by atoms with E-state index in [2.05, 4.69) is 20.6 Å². The van der Waals surface area contributed by atoms with Crippen molar-refractivity contribution < 1.29 is 37.9 Å². The molecule has 52 heavy (non-hydrogen) atoms. The van der Waals surface area contributed by atoms with Gasteiger partial charge in [0, 0.05) is 24.0 Å². The van der Waals surface area contributed by atoms with Crippen LogP contribution in [-0.4, -0.2) is 56.5 Å². The van der Waals surface area contributed by atoms with Crippen molar-refractivity contribution in [2.45, 2.75) is 51.3 Å². The summed E-state index contributed by atoms with van der Waals surface area (Å²) in [5, 5.41) is 14.6. The minimum absolute atomic E-state index is 0.00930. The first-order valence-corrected chi connectivity index (χ1v) is 16.2. The number of carbonyl (C=O) groups excluding carboxylic acids is 3. The van der Waals surface area contributed by atoms with E-state index in [4.69, 9.17) is 25.0 Å². The predicted octanol–water partition coefficient (Wildman–Crippen LogP) is 4.93. The van der Waals surface area contributed by atoms with Gasteiger partial charge in [-0.25, -0.2) is 9.59 Å². The second kappa shape index (κ2) is 15.9. The van der Waals surface area contributed by atoms with Gasteiger partial charge in [-0.1, -0.05) is 60.7 Å². The fourth-order valence-corrected chi connectivity index (χ4v) is 5.12. The number of esters is 1. The van der Waals surface area contributed by atoms with Gasteiger partial charge in [-0.15, -0.1) is 0 Å². The number of ether oxygens (including phenoxy) is 1. The molecule has 14 heteroatoms. The highest BCUT2D eigenvalue weighted by molar-refractivity contribution is 6.00. The normalized spacial score (nSPS) is 12.3. The fraction of sp³-hybridized carbons (Fsp3) is 0.211. The van der Waals surface area contributed by atoms with E-state index in [1.165, 1.54) is 12.1 Å².